The Morgan fingerprint density at radius 1 is 1.15 bits per heavy atom. The van der Waals surface area contributed by atoms with Gasteiger partial charge in [-0.1, -0.05) is 30.0 Å². The van der Waals surface area contributed by atoms with Gasteiger partial charge in [-0.3, -0.25) is 14.2 Å². The summed E-state index contributed by atoms with van der Waals surface area (Å²) in [4.78, 5) is 33.2. The summed E-state index contributed by atoms with van der Waals surface area (Å²) < 4.78 is 16.5. The molecule has 1 amide bonds. The van der Waals surface area contributed by atoms with Crippen LogP contribution in [0.15, 0.2) is 64.7 Å². The van der Waals surface area contributed by atoms with E-state index < -0.39 is 0 Å². The summed E-state index contributed by atoms with van der Waals surface area (Å²) in [6.07, 6.45) is 3.64. The van der Waals surface area contributed by atoms with E-state index in [4.69, 9.17) is 0 Å². The minimum atomic E-state index is -0.344. The third-order valence-electron chi connectivity index (χ3n) is 6.26. The zero-order valence-corrected chi connectivity index (χ0v) is 18.5. The lowest BCUT2D eigenvalue weighted by atomic mass is 10.0. The molecule has 9 heteroatoms. The quantitative estimate of drug-likeness (QED) is 0.435. The van der Waals surface area contributed by atoms with Crippen LogP contribution < -0.4 is 10.5 Å². The van der Waals surface area contributed by atoms with Gasteiger partial charge in [0, 0.05) is 24.4 Å². The predicted molar refractivity (Wildman–Crippen MR) is 125 cm³/mol. The molecule has 0 radical (unpaired) electrons. The van der Waals surface area contributed by atoms with Gasteiger partial charge in [-0.05, 0) is 48.7 Å². The Labute approximate surface area is 192 Å². The number of carbonyl (C=O) groups excluding carboxylic acids is 1. The Balaban J connectivity index is 1.33. The van der Waals surface area contributed by atoms with Crippen LogP contribution in [0.5, 0.6) is 0 Å². The van der Waals surface area contributed by atoms with Crippen molar-refractivity contribution in [1.29, 1.82) is 0 Å². The van der Waals surface area contributed by atoms with Crippen LogP contribution in [0.25, 0.3) is 16.7 Å². The monoisotopic (exact) mass is 461 g/mol. The average Bonchev–Trinajstić information content (AvgIpc) is 3.44. The molecule has 0 bridgehead atoms. The number of fused-ring (bicyclic) bond motifs is 3. The molecule has 0 fully saturated rings. The molecule has 0 saturated carbocycles. The van der Waals surface area contributed by atoms with Crippen molar-refractivity contribution in [1.82, 2.24) is 19.3 Å². The second-order valence-corrected chi connectivity index (χ2v) is 9.27. The molecule has 2 aromatic carbocycles. The van der Waals surface area contributed by atoms with Crippen molar-refractivity contribution in [2.75, 3.05) is 17.2 Å². The van der Waals surface area contributed by atoms with Crippen molar-refractivity contribution in [2.45, 2.75) is 30.5 Å². The van der Waals surface area contributed by atoms with Crippen LogP contribution in [-0.2, 0) is 11.2 Å². The summed E-state index contributed by atoms with van der Waals surface area (Å²) in [5.74, 6) is 0.290. The van der Waals surface area contributed by atoms with Gasteiger partial charge in [0.2, 0.25) is 5.91 Å². The summed E-state index contributed by atoms with van der Waals surface area (Å²) in [7, 11) is 0. The molecular weight excluding hydrogens is 441 g/mol. The molecule has 6 rings (SSSR count). The number of aryl methyl sites for hydroxylation is 1. The number of benzene rings is 2. The van der Waals surface area contributed by atoms with Gasteiger partial charge in [-0.2, -0.15) is 5.10 Å². The van der Waals surface area contributed by atoms with E-state index in [1.807, 2.05) is 23.1 Å². The fourth-order valence-electron chi connectivity index (χ4n) is 4.66. The zero-order chi connectivity index (χ0) is 22.5. The largest absolute Gasteiger partial charge is 0.312 e. The molecule has 2 aliphatic rings. The molecule has 0 N–H and O–H groups in total. The van der Waals surface area contributed by atoms with Crippen molar-refractivity contribution in [3.05, 3.63) is 76.5 Å². The molecule has 1 unspecified atom stereocenters. The highest BCUT2D eigenvalue weighted by atomic mass is 32.2. The third kappa shape index (κ3) is 3.34. The number of halogens is 1. The Morgan fingerprint density at radius 3 is 2.82 bits per heavy atom. The maximum absolute atomic E-state index is 13.4. The number of aromatic nitrogens is 4. The maximum atomic E-state index is 13.4. The van der Waals surface area contributed by atoms with E-state index in [-0.39, 0.29) is 29.7 Å². The molecule has 7 nitrogen and oxygen atoms in total. The Hall–Kier alpha value is -3.46. The number of hydrogen-bond donors (Lipinski definition) is 0. The van der Waals surface area contributed by atoms with Gasteiger partial charge >= 0.3 is 0 Å². The minimum Gasteiger partial charge on any atom is -0.312 e. The number of hydrogen-bond acceptors (Lipinski definition) is 5. The molecule has 166 valence electrons. The van der Waals surface area contributed by atoms with Gasteiger partial charge in [0.25, 0.3) is 5.56 Å². The van der Waals surface area contributed by atoms with Gasteiger partial charge in [0.15, 0.2) is 10.8 Å². The zero-order valence-electron chi connectivity index (χ0n) is 17.6. The van der Waals surface area contributed by atoms with Crippen LogP contribution in [0.3, 0.4) is 0 Å². The SMILES string of the molecule is O=C(CC1CSc2nc3c(cnn3-c3ccc(F)cc3)c(=O)n21)N1CCCc2ccccc21. The van der Waals surface area contributed by atoms with Crippen molar-refractivity contribution < 1.29 is 9.18 Å². The Bertz CT molecular complexity index is 1450. The van der Waals surface area contributed by atoms with Crippen LogP contribution >= 0.6 is 11.8 Å². The van der Waals surface area contributed by atoms with Crippen LogP contribution in [0.4, 0.5) is 10.1 Å². The fraction of sp³-hybridized carbons (Fsp3) is 0.250. The highest BCUT2D eigenvalue weighted by Gasteiger charge is 2.32. The summed E-state index contributed by atoms with van der Waals surface area (Å²) in [6, 6.07) is 13.6. The highest BCUT2D eigenvalue weighted by molar-refractivity contribution is 7.99. The molecule has 0 aliphatic carbocycles. The van der Waals surface area contributed by atoms with E-state index in [0.717, 1.165) is 18.5 Å². The number of thioether (sulfide) groups is 1. The first-order valence-corrected chi connectivity index (χ1v) is 11.9. The molecule has 4 heterocycles. The normalized spacial score (nSPS) is 17.2. The number of carbonyl (C=O) groups is 1. The lowest BCUT2D eigenvalue weighted by Gasteiger charge is -2.30. The third-order valence-corrected chi connectivity index (χ3v) is 7.36. The van der Waals surface area contributed by atoms with E-state index in [1.54, 1.807) is 21.4 Å². The lowest BCUT2D eigenvalue weighted by molar-refractivity contribution is -0.119. The molecule has 2 aromatic heterocycles. The standard InChI is InChI=1S/C24H20FN5O2S/c25-16-7-9-17(10-8-16)30-22-19(13-26-30)23(32)29-18(14-33-24(29)27-22)12-21(31)28-11-3-5-15-4-1-2-6-20(15)28/h1-2,4,6-10,13,18H,3,5,11-12,14H2. The van der Waals surface area contributed by atoms with Gasteiger partial charge < -0.3 is 4.90 Å². The smallest absolute Gasteiger partial charge is 0.265 e. The van der Waals surface area contributed by atoms with Crippen LogP contribution in [0.1, 0.15) is 24.4 Å². The first kappa shape index (κ1) is 20.2. The first-order valence-electron chi connectivity index (χ1n) is 10.9. The first-order chi connectivity index (χ1) is 16.1. The summed E-state index contributed by atoms with van der Waals surface area (Å²) in [5.41, 5.74) is 3.02. The number of anilines is 1. The summed E-state index contributed by atoms with van der Waals surface area (Å²) >= 11 is 1.47. The summed E-state index contributed by atoms with van der Waals surface area (Å²) in [5, 5.41) is 5.27. The second kappa shape index (κ2) is 7.84. The van der Waals surface area contributed by atoms with Crippen LogP contribution in [-0.4, -0.2) is 37.5 Å². The van der Waals surface area contributed by atoms with Gasteiger partial charge in [-0.25, -0.2) is 14.1 Å². The Kier molecular flexibility index (Phi) is 4.79. The van der Waals surface area contributed by atoms with Crippen LogP contribution in [0.2, 0.25) is 0 Å². The van der Waals surface area contributed by atoms with Gasteiger partial charge in [0.1, 0.15) is 11.2 Å². The number of rotatable bonds is 3. The molecule has 0 spiro atoms. The number of nitrogens with zero attached hydrogens (tertiary/aromatic N) is 5. The Morgan fingerprint density at radius 2 is 1.97 bits per heavy atom. The number of para-hydroxylation sites is 1. The molecule has 0 saturated heterocycles. The van der Waals surface area contributed by atoms with E-state index in [9.17, 15) is 14.0 Å². The van der Waals surface area contributed by atoms with Crippen molar-refractivity contribution in [3.8, 4) is 5.69 Å². The lowest BCUT2D eigenvalue weighted by Crippen LogP contribution is -2.37. The van der Waals surface area contributed by atoms with Crippen LogP contribution in [0, 0.1) is 5.82 Å². The molecule has 2 aliphatic heterocycles. The second-order valence-electron chi connectivity index (χ2n) is 8.29. The molecule has 33 heavy (non-hydrogen) atoms. The topological polar surface area (TPSA) is 73.0 Å². The predicted octanol–water partition coefficient (Wildman–Crippen LogP) is 3.74. The fourth-order valence-corrected chi connectivity index (χ4v) is 5.79. The van der Waals surface area contributed by atoms with E-state index in [2.05, 4.69) is 16.1 Å². The summed E-state index contributed by atoms with van der Waals surface area (Å²) in [6.45, 7) is 0.694. The van der Waals surface area contributed by atoms with Crippen molar-refractivity contribution in [3.63, 3.8) is 0 Å². The average molecular weight is 462 g/mol. The van der Waals surface area contributed by atoms with Gasteiger partial charge in [0.05, 0.1) is 17.9 Å². The van der Waals surface area contributed by atoms with E-state index in [0.29, 0.717) is 34.2 Å². The maximum Gasteiger partial charge on any atom is 0.265 e. The van der Waals surface area contributed by atoms with E-state index in [1.165, 1.54) is 35.7 Å². The van der Waals surface area contributed by atoms with E-state index >= 15 is 0 Å². The van der Waals surface area contributed by atoms with Crippen molar-refractivity contribution >= 4 is 34.4 Å². The molecular formula is C24H20FN5O2S. The molecule has 4 aromatic rings. The minimum absolute atomic E-state index is 0.0228. The number of amides is 1. The van der Waals surface area contributed by atoms with Crippen molar-refractivity contribution in [2.24, 2.45) is 0 Å². The van der Waals surface area contributed by atoms with Gasteiger partial charge in [-0.15, -0.1) is 0 Å². The highest BCUT2D eigenvalue weighted by Crippen LogP contribution is 2.35. The molecule has 1 atom stereocenters.